The molecule has 0 radical (unpaired) electrons. The van der Waals surface area contributed by atoms with Crippen LogP contribution in [0.2, 0.25) is 0 Å². The first-order valence-electron chi connectivity index (χ1n) is 8.55. The number of hydrogen-bond acceptors (Lipinski definition) is 3. The van der Waals surface area contributed by atoms with Crippen LogP contribution in [-0.4, -0.2) is 36.0 Å². The Hall–Kier alpha value is -1.26. The second kappa shape index (κ2) is 8.55. The zero-order valence-corrected chi connectivity index (χ0v) is 14.4. The molecule has 1 amide bonds. The van der Waals surface area contributed by atoms with Crippen LogP contribution in [0.3, 0.4) is 0 Å². The summed E-state index contributed by atoms with van der Waals surface area (Å²) in [5.41, 5.74) is 6.55. The fraction of sp³-hybridized carbons (Fsp3) is 0.611. The quantitative estimate of drug-likeness (QED) is 0.915. The molecular formula is C18H27ClN2O2. The fourth-order valence-corrected chi connectivity index (χ4v) is 3.58. The number of carbonyl (C=O) groups is 1. The van der Waals surface area contributed by atoms with Crippen molar-refractivity contribution in [1.82, 2.24) is 4.90 Å². The van der Waals surface area contributed by atoms with Gasteiger partial charge in [-0.1, -0.05) is 6.07 Å². The van der Waals surface area contributed by atoms with E-state index < -0.39 is 0 Å². The Morgan fingerprint density at radius 2 is 1.91 bits per heavy atom. The molecule has 2 N–H and O–H groups in total. The summed E-state index contributed by atoms with van der Waals surface area (Å²) in [5, 5.41) is 0. The Labute approximate surface area is 144 Å². The van der Waals surface area contributed by atoms with Crippen molar-refractivity contribution < 1.29 is 9.53 Å². The minimum Gasteiger partial charge on any atom is -0.490 e. The summed E-state index contributed by atoms with van der Waals surface area (Å²) in [4.78, 5) is 14.7. The lowest BCUT2D eigenvalue weighted by molar-refractivity contribution is 0.0622. The Morgan fingerprint density at radius 1 is 1.17 bits per heavy atom. The minimum absolute atomic E-state index is 0. The number of halogens is 1. The number of nitrogens with zero attached hydrogens (tertiary/aromatic N) is 1. The van der Waals surface area contributed by atoms with Gasteiger partial charge in [0.25, 0.3) is 5.91 Å². The van der Waals surface area contributed by atoms with Gasteiger partial charge in [-0.15, -0.1) is 12.4 Å². The SMILES string of the molecule is Cl.NCC1CCCCN1C(=O)c1cccc(OC2CCCC2)c1. The maximum Gasteiger partial charge on any atom is 0.254 e. The Balaban J connectivity index is 0.00000192. The van der Waals surface area contributed by atoms with Crippen LogP contribution in [0.5, 0.6) is 5.75 Å². The van der Waals surface area contributed by atoms with Crippen LogP contribution in [0, 0.1) is 0 Å². The van der Waals surface area contributed by atoms with Crippen molar-refractivity contribution in [3.05, 3.63) is 29.8 Å². The third-order valence-corrected chi connectivity index (χ3v) is 4.85. The van der Waals surface area contributed by atoms with E-state index in [4.69, 9.17) is 10.5 Å². The first kappa shape index (κ1) is 18.1. The van der Waals surface area contributed by atoms with E-state index in [1.54, 1.807) is 0 Å². The molecule has 1 aliphatic carbocycles. The van der Waals surface area contributed by atoms with Gasteiger partial charge in [0.15, 0.2) is 0 Å². The number of hydrogen-bond donors (Lipinski definition) is 1. The van der Waals surface area contributed by atoms with Gasteiger partial charge in [-0.25, -0.2) is 0 Å². The molecule has 23 heavy (non-hydrogen) atoms. The molecular weight excluding hydrogens is 312 g/mol. The van der Waals surface area contributed by atoms with E-state index in [1.807, 2.05) is 29.2 Å². The van der Waals surface area contributed by atoms with Gasteiger partial charge in [0.05, 0.1) is 6.10 Å². The number of likely N-dealkylation sites (tertiary alicyclic amines) is 1. The van der Waals surface area contributed by atoms with Gasteiger partial charge in [-0.05, 0) is 63.1 Å². The molecule has 1 aromatic carbocycles. The van der Waals surface area contributed by atoms with Gasteiger partial charge in [0, 0.05) is 24.7 Å². The van der Waals surface area contributed by atoms with Gasteiger partial charge >= 0.3 is 0 Å². The average molecular weight is 339 g/mol. The summed E-state index contributed by atoms with van der Waals surface area (Å²) in [6.07, 6.45) is 8.30. The van der Waals surface area contributed by atoms with E-state index in [1.165, 1.54) is 12.8 Å². The molecule has 2 fully saturated rings. The Kier molecular flexibility index (Phi) is 6.72. The van der Waals surface area contributed by atoms with Crippen molar-refractivity contribution in [2.24, 2.45) is 5.73 Å². The van der Waals surface area contributed by atoms with Crippen molar-refractivity contribution in [3.63, 3.8) is 0 Å². The first-order chi connectivity index (χ1) is 10.8. The van der Waals surface area contributed by atoms with Crippen molar-refractivity contribution in [2.45, 2.75) is 57.1 Å². The second-order valence-electron chi connectivity index (χ2n) is 6.44. The van der Waals surface area contributed by atoms with Gasteiger partial charge in [0.2, 0.25) is 0 Å². The van der Waals surface area contributed by atoms with Crippen molar-refractivity contribution in [1.29, 1.82) is 0 Å². The Bertz CT molecular complexity index is 517. The largest absolute Gasteiger partial charge is 0.490 e. The van der Waals surface area contributed by atoms with Crippen LogP contribution in [0.15, 0.2) is 24.3 Å². The van der Waals surface area contributed by atoms with Crippen molar-refractivity contribution in [3.8, 4) is 5.75 Å². The molecule has 1 saturated heterocycles. The summed E-state index contributed by atoms with van der Waals surface area (Å²) in [7, 11) is 0. The molecule has 1 heterocycles. The highest BCUT2D eigenvalue weighted by Gasteiger charge is 2.26. The predicted octanol–water partition coefficient (Wildman–Crippen LogP) is 3.38. The summed E-state index contributed by atoms with van der Waals surface area (Å²) in [5.74, 6) is 0.908. The van der Waals surface area contributed by atoms with E-state index in [-0.39, 0.29) is 24.4 Å². The molecule has 1 unspecified atom stereocenters. The second-order valence-corrected chi connectivity index (χ2v) is 6.44. The van der Waals surface area contributed by atoms with E-state index in [0.29, 0.717) is 12.6 Å². The lowest BCUT2D eigenvalue weighted by Gasteiger charge is -2.35. The highest BCUT2D eigenvalue weighted by Crippen LogP contribution is 2.26. The molecule has 128 valence electrons. The van der Waals surface area contributed by atoms with Crippen LogP contribution in [0.4, 0.5) is 0 Å². The number of benzene rings is 1. The number of amides is 1. The number of nitrogens with two attached hydrogens (primary N) is 1. The standard InChI is InChI=1S/C18H26N2O2.ClH/c19-13-15-7-3-4-11-20(15)18(21)14-6-5-10-17(12-14)22-16-8-1-2-9-16;/h5-6,10,12,15-16H,1-4,7-9,11,13,19H2;1H. The maximum atomic E-state index is 12.8. The highest BCUT2D eigenvalue weighted by molar-refractivity contribution is 5.94. The van der Waals surface area contributed by atoms with Crippen LogP contribution in [0.1, 0.15) is 55.3 Å². The maximum absolute atomic E-state index is 12.8. The van der Waals surface area contributed by atoms with E-state index >= 15 is 0 Å². The molecule has 1 aromatic rings. The third kappa shape index (κ3) is 4.39. The lowest BCUT2D eigenvalue weighted by Crippen LogP contribution is -2.47. The normalized spacial score (nSPS) is 21.8. The molecule has 5 heteroatoms. The van der Waals surface area contributed by atoms with E-state index in [2.05, 4.69) is 0 Å². The first-order valence-corrected chi connectivity index (χ1v) is 8.55. The number of ether oxygens (including phenoxy) is 1. The van der Waals surface area contributed by atoms with Crippen LogP contribution in [0.25, 0.3) is 0 Å². The smallest absolute Gasteiger partial charge is 0.254 e. The summed E-state index contributed by atoms with van der Waals surface area (Å²) >= 11 is 0. The van der Waals surface area contributed by atoms with Crippen LogP contribution in [-0.2, 0) is 0 Å². The molecule has 4 nitrogen and oxygen atoms in total. The average Bonchev–Trinajstić information content (AvgIpc) is 3.07. The zero-order chi connectivity index (χ0) is 15.4. The monoisotopic (exact) mass is 338 g/mol. The number of piperidine rings is 1. The predicted molar refractivity (Wildman–Crippen MR) is 94.3 cm³/mol. The number of carbonyl (C=O) groups excluding carboxylic acids is 1. The lowest BCUT2D eigenvalue weighted by atomic mass is 10.0. The molecule has 0 aromatic heterocycles. The van der Waals surface area contributed by atoms with Gasteiger partial charge < -0.3 is 15.4 Å². The third-order valence-electron chi connectivity index (χ3n) is 4.85. The molecule has 0 spiro atoms. The summed E-state index contributed by atoms with van der Waals surface area (Å²) in [6, 6.07) is 7.82. The molecule has 3 rings (SSSR count). The van der Waals surface area contributed by atoms with Gasteiger partial charge in [-0.3, -0.25) is 4.79 Å². The Morgan fingerprint density at radius 3 is 2.65 bits per heavy atom. The fourth-order valence-electron chi connectivity index (χ4n) is 3.58. The number of rotatable bonds is 4. The van der Waals surface area contributed by atoms with Gasteiger partial charge in [0.1, 0.15) is 5.75 Å². The van der Waals surface area contributed by atoms with Crippen molar-refractivity contribution >= 4 is 18.3 Å². The van der Waals surface area contributed by atoms with Crippen LogP contribution >= 0.6 is 12.4 Å². The van der Waals surface area contributed by atoms with Gasteiger partial charge in [-0.2, -0.15) is 0 Å². The van der Waals surface area contributed by atoms with Crippen LogP contribution < -0.4 is 10.5 Å². The zero-order valence-electron chi connectivity index (χ0n) is 13.6. The topological polar surface area (TPSA) is 55.6 Å². The molecule has 1 aliphatic heterocycles. The summed E-state index contributed by atoms with van der Waals surface area (Å²) < 4.78 is 6.01. The molecule has 2 aliphatic rings. The van der Waals surface area contributed by atoms with Crippen molar-refractivity contribution in [2.75, 3.05) is 13.1 Å². The molecule has 1 saturated carbocycles. The summed E-state index contributed by atoms with van der Waals surface area (Å²) in [6.45, 7) is 1.36. The molecule has 1 atom stereocenters. The molecule has 0 bridgehead atoms. The van der Waals surface area contributed by atoms with E-state index in [9.17, 15) is 4.79 Å². The highest BCUT2D eigenvalue weighted by atomic mass is 35.5. The van der Waals surface area contributed by atoms with E-state index in [0.717, 1.165) is 50.0 Å². The minimum atomic E-state index is 0.